The van der Waals surface area contributed by atoms with Crippen molar-refractivity contribution in [2.24, 2.45) is 53.3 Å². The molecule has 0 spiro atoms. The van der Waals surface area contributed by atoms with Crippen molar-refractivity contribution in [1.82, 2.24) is 5.32 Å². The molecular formula is C29H49N. The molecular weight excluding hydrogens is 362 g/mol. The molecule has 7 rings (SSSR count). The second kappa shape index (κ2) is 8.72. The van der Waals surface area contributed by atoms with Crippen molar-refractivity contribution < 1.29 is 0 Å². The average molecular weight is 412 g/mol. The van der Waals surface area contributed by atoms with Gasteiger partial charge in [0.05, 0.1) is 0 Å². The van der Waals surface area contributed by atoms with E-state index in [1.165, 1.54) is 44.9 Å². The molecule has 7 aliphatic rings. The predicted octanol–water partition coefficient (Wildman–Crippen LogP) is 7.59. The van der Waals surface area contributed by atoms with Gasteiger partial charge in [-0.2, -0.15) is 0 Å². The monoisotopic (exact) mass is 411 g/mol. The summed E-state index contributed by atoms with van der Waals surface area (Å²) >= 11 is 0. The van der Waals surface area contributed by atoms with Gasteiger partial charge in [-0.15, -0.1) is 0 Å². The lowest BCUT2D eigenvalue weighted by atomic mass is 9.62. The Morgan fingerprint density at radius 3 is 1.97 bits per heavy atom. The largest absolute Gasteiger partial charge is 0.311 e. The van der Waals surface area contributed by atoms with E-state index in [0.717, 1.165) is 65.3 Å². The third kappa shape index (κ3) is 3.72. The van der Waals surface area contributed by atoms with E-state index in [9.17, 15) is 0 Å². The molecule has 0 heterocycles. The first kappa shape index (κ1) is 20.6. The van der Waals surface area contributed by atoms with Crippen molar-refractivity contribution in [3.05, 3.63) is 0 Å². The van der Waals surface area contributed by atoms with E-state index < -0.39 is 0 Å². The molecule has 0 aromatic heterocycles. The Hall–Kier alpha value is -0.0400. The summed E-state index contributed by atoms with van der Waals surface area (Å²) in [6, 6.07) is 1.75. The summed E-state index contributed by atoms with van der Waals surface area (Å²) in [5.74, 6) is 9.49. The van der Waals surface area contributed by atoms with Gasteiger partial charge in [-0.3, -0.25) is 0 Å². The first-order valence-electron chi connectivity index (χ1n) is 14.5. The molecule has 1 nitrogen and oxygen atoms in total. The van der Waals surface area contributed by atoms with Gasteiger partial charge in [0.25, 0.3) is 0 Å². The summed E-state index contributed by atoms with van der Waals surface area (Å²) in [6.07, 6.45) is 26.3. The molecule has 0 aromatic rings. The lowest BCUT2D eigenvalue weighted by molar-refractivity contribution is 0.0531. The van der Waals surface area contributed by atoms with Crippen molar-refractivity contribution in [3.63, 3.8) is 0 Å². The minimum Gasteiger partial charge on any atom is -0.311 e. The van der Waals surface area contributed by atoms with Crippen LogP contribution in [0, 0.1) is 53.3 Å². The Balaban J connectivity index is 1.33. The van der Waals surface area contributed by atoms with Crippen LogP contribution < -0.4 is 5.32 Å². The highest BCUT2D eigenvalue weighted by Crippen LogP contribution is 2.57. The number of rotatable bonds is 2. The molecule has 0 aliphatic heterocycles. The van der Waals surface area contributed by atoms with E-state index in [1.807, 2.05) is 0 Å². The van der Waals surface area contributed by atoms with Crippen LogP contribution in [-0.2, 0) is 0 Å². The molecule has 7 saturated carbocycles. The van der Waals surface area contributed by atoms with Crippen LogP contribution in [0.5, 0.6) is 0 Å². The molecule has 7 fully saturated rings. The normalized spacial score (nSPS) is 53.7. The second-order valence-corrected chi connectivity index (χ2v) is 13.1. The molecule has 1 heteroatoms. The molecule has 6 unspecified atom stereocenters. The maximum absolute atomic E-state index is 4.45. The molecule has 0 radical (unpaired) electrons. The summed E-state index contributed by atoms with van der Waals surface area (Å²) < 4.78 is 0. The van der Waals surface area contributed by atoms with E-state index in [0.29, 0.717) is 0 Å². The molecule has 9 atom stereocenters. The molecule has 0 aromatic carbocycles. The van der Waals surface area contributed by atoms with Crippen molar-refractivity contribution in [2.45, 2.75) is 128 Å². The van der Waals surface area contributed by atoms with Gasteiger partial charge in [-0.05, 0) is 111 Å². The lowest BCUT2D eigenvalue weighted by Gasteiger charge is -2.46. The van der Waals surface area contributed by atoms with Gasteiger partial charge in [0, 0.05) is 12.1 Å². The predicted molar refractivity (Wildman–Crippen MR) is 126 cm³/mol. The van der Waals surface area contributed by atoms with Crippen LogP contribution >= 0.6 is 0 Å². The van der Waals surface area contributed by atoms with Crippen LogP contribution in [0.4, 0.5) is 0 Å². The molecule has 1 N–H and O–H groups in total. The standard InChI is InChI=1S/C29H49N/c1-19-13-14-21-18-26(19)29-25(24-10-6-3-2-5-9-23(21)24)11-7-4-8-12-27(29)30-28-17-20-15-22(28)16-20/h19-30H,2-18H2,1H3/t19?,20?,21-,22?,23?,24-,25-,26?,27?,28?,29?/m0/s1. The van der Waals surface area contributed by atoms with Crippen LogP contribution in [0.25, 0.3) is 0 Å². The number of hydrogen-bond donors (Lipinski definition) is 1. The van der Waals surface area contributed by atoms with Gasteiger partial charge in [-0.25, -0.2) is 0 Å². The summed E-state index contributed by atoms with van der Waals surface area (Å²) in [7, 11) is 0. The lowest BCUT2D eigenvalue weighted by Crippen LogP contribution is -2.50. The van der Waals surface area contributed by atoms with Gasteiger partial charge < -0.3 is 5.32 Å². The average Bonchev–Trinajstić information content (AvgIpc) is 3.23. The fraction of sp³-hybridized carbons (Fsp3) is 1.00. The Kier molecular flexibility index (Phi) is 5.97. The van der Waals surface area contributed by atoms with Crippen LogP contribution in [-0.4, -0.2) is 12.1 Å². The first-order chi connectivity index (χ1) is 14.8. The highest BCUT2D eigenvalue weighted by atomic mass is 15.0. The second-order valence-electron chi connectivity index (χ2n) is 13.1. The van der Waals surface area contributed by atoms with E-state index in [4.69, 9.17) is 0 Å². The highest BCUT2D eigenvalue weighted by Gasteiger charge is 2.52. The number of nitrogens with one attached hydrogen (secondary N) is 1. The maximum atomic E-state index is 4.45. The fourth-order valence-electron chi connectivity index (χ4n) is 10.2. The Bertz CT molecular complexity index is 579. The van der Waals surface area contributed by atoms with E-state index in [1.54, 1.807) is 64.2 Å². The van der Waals surface area contributed by atoms with E-state index >= 15 is 0 Å². The molecule has 0 amide bonds. The Labute approximate surface area is 186 Å². The van der Waals surface area contributed by atoms with E-state index in [-0.39, 0.29) is 0 Å². The Morgan fingerprint density at radius 2 is 1.20 bits per heavy atom. The molecule has 4 bridgehead atoms. The van der Waals surface area contributed by atoms with Crippen molar-refractivity contribution in [1.29, 1.82) is 0 Å². The highest BCUT2D eigenvalue weighted by molar-refractivity contribution is 5.04. The number of hydrogen-bond acceptors (Lipinski definition) is 1. The first-order valence-corrected chi connectivity index (χ1v) is 14.5. The van der Waals surface area contributed by atoms with Crippen molar-refractivity contribution in [3.8, 4) is 0 Å². The topological polar surface area (TPSA) is 12.0 Å². The summed E-state index contributed by atoms with van der Waals surface area (Å²) in [5.41, 5.74) is 0. The van der Waals surface area contributed by atoms with Crippen LogP contribution in [0.2, 0.25) is 0 Å². The van der Waals surface area contributed by atoms with Gasteiger partial charge in [-0.1, -0.05) is 58.3 Å². The zero-order valence-electron chi connectivity index (χ0n) is 19.9. The fourth-order valence-corrected chi connectivity index (χ4v) is 10.2. The number of fused-ring (bicyclic) bond motifs is 8. The van der Waals surface area contributed by atoms with Gasteiger partial charge in [0.2, 0.25) is 0 Å². The SMILES string of the molecule is CC1CC[C@H]2CC1C1C(NC3CC4CC3C4)CCCCC[C@H]1[C@H]1CCCCCCC21. The van der Waals surface area contributed by atoms with Gasteiger partial charge in [0.15, 0.2) is 0 Å². The Morgan fingerprint density at radius 1 is 0.500 bits per heavy atom. The third-order valence-corrected chi connectivity index (χ3v) is 11.7. The minimum atomic E-state index is 0.857. The van der Waals surface area contributed by atoms with E-state index in [2.05, 4.69) is 12.2 Å². The zero-order valence-corrected chi connectivity index (χ0v) is 19.9. The van der Waals surface area contributed by atoms with Crippen LogP contribution in [0.15, 0.2) is 0 Å². The summed E-state index contributed by atoms with van der Waals surface area (Å²) in [6.45, 7) is 2.66. The maximum Gasteiger partial charge on any atom is 0.0103 e. The van der Waals surface area contributed by atoms with Crippen molar-refractivity contribution in [2.75, 3.05) is 0 Å². The molecule has 170 valence electrons. The summed E-state index contributed by atoms with van der Waals surface area (Å²) in [4.78, 5) is 0. The smallest absolute Gasteiger partial charge is 0.0103 e. The van der Waals surface area contributed by atoms with Crippen LogP contribution in [0.1, 0.15) is 116 Å². The minimum absolute atomic E-state index is 0.857. The molecule has 30 heavy (non-hydrogen) atoms. The molecule has 7 aliphatic carbocycles. The van der Waals surface area contributed by atoms with Gasteiger partial charge >= 0.3 is 0 Å². The third-order valence-electron chi connectivity index (χ3n) is 11.7. The van der Waals surface area contributed by atoms with Crippen LogP contribution in [0.3, 0.4) is 0 Å². The summed E-state index contributed by atoms with van der Waals surface area (Å²) in [5, 5.41) is 4.45. The zero-order chi connectivity index (χ0) is 20.1. The van der Waals surface area contributed by atoms with Gasteiger partial charge in [0.1, 0.15) is 0 Å². The molecule has 0 saturated heterocycles. The van der Waals surface area contributed by atoms with Crippen molar-refractivity contribution >= 4 is 0 Å². The quantitative estimate of drug-likeness (QED) is 0.493.